The Labute approximate surface area is 87.2 Å². The maximum absolute atomic E-state index is 13.6. The normalized spacial score (nSPS) is 24.9. The van der Waals surface area contributed by atoms with E-state index in [2.05, 4.69) is 5.16 Å². The van der Waals surface area contributed by atoms with Crippen LogP contribution in [-0.4, -0.2) is 10.8 Å². The number of nitrogens with zero attached hydrogens (tertiary/aromatic N) is 1. The number of oxime groups is 1. The molecule has 80 valence electrons. The van der Waals surface area contributed by atoms with Crippen LogP contribution in [0, 0.1) is 5.82 Å². The Morgan fingerprint density at radius 1 is 1.53 bits per heavy atom. The van der Waals surface area contributed by atoms with E-state index in [4.69, 9.17) is 4.84 Å². The average Bonchev–Trinajstić information content (AvgIpc) is 2.46. The lowest BCUT2D eigenvalue weighted by molar-refractivity contribution is -0.0117. The highest BCUT2D eigenvalue weighted by Gasteiger charge is 2.39. The van der Waals surface area contributed by atoms with E-state index in [0.717, 1.165) is 5.71 Å². The molecule has 4 heteroatoms. The van der Waals surface area contributed by atoms with Gasteiger partial charge in [-0.15, -0.1) is 0 Å². The van der Waals surface area contributed by atoms with Crippen LogP contribution in [0.15, 0.2) is 23.4 Å². The first kappa shape index (κ1) is 9.96. The predicted octanol–water partition coefficient (Wildman–Crippen LogP) is 2.54. The van der Waals surface area contributed by atoms with Crippen LogP contribution < -0.4 is 0 Å². The van der Waals surface area contributed by atoms with Crippen molar-refractivity contribution in [2.75, 3.05) is 0 Å². The van der Waals surface area contributed by atoms with Crippen molar-refractivity contribution in [2.24, 2.45) is 5.16 Å². The van der Waals surface area contributed by atoms with Crippen molar-refractivity contribution in [3.05, 3.63) is 29.6 Å². The molecule has 0 radical (unpaired) electrons. The SMILES string of the molecule is CC1=NOC(C)(c2c(O)cccc2F)C1. The van der Waals surface area contributed by atoms with Crippen molar-refractivity contribution in [1.29, 1.82) is 0 Å². The van der Waals surface area contributed by atoms with E-state index in [9.17, 15) is 9.50 Å². The third kappa shape index (κ3) is 1.56. The topological polar surface area (TPSA) is 41.8 Å². The fourth-order valence-corrected chi connectivity index (χ4v) is 1.90. The Hall–Kier alpha value is -1.58. The molecule has 0 aliphatic carbocycles. The van der Waals surface area contributed by atoms with E-state index in [0.29, 0.717) is 6.42 Å². The molecule has 1 aromatic carbocycles. The van der Waals surface area contributed by atoms with Gasteiger partial charge >= 0.3 is 0 Å². The van der Waals surface area contributed by atoms with Crippen molar-refractivity contribution in [3.63, 3.8) is 0 Å². The summed E-state index contributed by atoms with van der Waals surface area (Å²) in [5, 5.41) is 13.4. The van der Waals surface area contributed by atoms with Crippen molar-refractivity contribution in [3.8, 4) is 5.75 Å². The zero-order chi connectivity index (χ0) is 11.1. The van der Waals surface area contributed by atoms with Crippen LogP contribution >= 0.6 is 0 Å². The fourth-order valence-electron chi connectivity index (χ4n) is 1.90. The Kier molecular flexibility index (Phi) is 2.14. The molecule has 1 N–H and O–H groups in total. The Balaban J connectivity index is 2.46. The van der Waals surface area contributed by atoms with Crippen LogP contribution in [0.5, 0.6) is 5.75 Å². The van der Waals surface area contributed by atoms with Crippen molar-refractivity contribution >= 4 is 5.71 Å². The predicted molar refractivity (Wildman–Crippen MR) is 54.2 cm³/mol. The summed E-state index contributed by atoms with van der Waals surface area (Å²) in [5.74, 6) is -0.565. The monoisotopic (exact) mass is 209 g/mol. The van der Waals surface area contributed by atoms with E-state index in [-0.39, 0.29) is 11.3 Å². The minimum Gasteiger partial charge on any atom is -0.507 e. The molecule has 0 amide bonds. The maximum Gasteiger partial charge on any atom is 0.171 e. The summed E-state index contributed by atoms with van der Waals surface area (Å²) < 4.78 is 13.6. The number of aromatic hydroxyl groups is 1. The number of benzene rings is 1. The van der Waals surface area contributed by atoms with E-state index in [1.807, 2.05) is 6.92 Å². The summed E-state index contributed by atoms with van der Waals surface area (Å²) in [6.45, 7) is 3.52. The van der Waals surface area contributed by atoms with Crippen LogP contribution in [0.2, 0.25) is 0 Å². The van der Waals surface area contributed by atoms with Gasteiger partial charge in [0.1, 0.15) is 11.6 Å². The standard InChI is InChI=1S/C11H12FNO2/c1-7-6-11(2,15-13-7)10-8(12)4-3-5-9(10)14/h3-5,14H,6H2,1-2H3. The lowest BCUT2D eigenvalue weighted by Crippen LogP contribution is -2.23. The second-order valence-corrected chi connectivity index (χ2v) is 3.96. The first-order valence-electron chi connectivity index (χ1n) is 4.72. The van der Waals surface area contributed by atoms with Crippen LogP contribution in [0.4, 0.5) is 4.39 Å². The van der Waals surface area contributed by atoms with Gasteiger partial charge < -0.3 is 9.94 Å². The highest BCUT2D eigenvalue weighted by atomic mass is 19.1. The smallest absolute Gasteiger partial charge is 0.171 e. The first-order chi connectivity index (χ1) is 7.03. The van der Waals surface area contributed by atoms with Gasteiger partial charge in [-0.25, -0.2) is 4.39 Å². The Morgan fingerprint density at radius 2 is 2.27 bits per heavy atom. The molecule has 0 saturated carbocycles. The summed E-state index contributed by atoms with van der Waals surface area (Å²) in [4.78, 5) is 5.19. The van der Waals surface area contributed by atoms with Gasteiger partial charge in [-0.1, -0.05) is 11.2 Å². The zero-order valence-electron chi connectivity index (χ0n) is 8.62. The van der Waals surface area contributed by atoms with Crippen LogP contribution in [0.3, 0.4) is 0 Å². The minimum atomic E-state index is -0.889. The molecule has 3 nitrogen and oxygen atoms in total. The summed E-state index contributed by atoms with van der Waals surface area (Å²) in [6, 6.07) is 4.21. The van der Waals surface area contributed by atoms with Gasteiger partial charge in [-0.05, 0) is 26.0 Å². The molecule has 1 unspecified atom stereocenters. The molecule has 2 rings (SSSR count). The molecule has 1 heterocycles. The van der Waals surface area contributed by atoms with E-state index < -0.39 is 11.4 Å². The van der Waals surface area contributed by atoms with Gasteiger partial charge in [-0.3, -0.25) is 0 Å². The fraction of sp³-hybridized carbons (Fsp3) is 0.364. The molecule has 0 aromatic heterocycles. The third-order valence-corrected chi connectivity index (χ3v) is 2.52. The maximum atomic E-state index is 13.6. The van der Waals surface area contributed by atoms with Crippen LogP contribution in [0.25, 0.3) is 0 Å². The third-order valence-electron chi connectivity index (χ3n) is 2.52. The molecule has 0 spiro atoms. The lowest BCUT2D eigenvalue weighted by Gasteiger charge is -2.23. The Bertz CT molecular complexity index is 410. The summed E-state index contributed by atoms with van der Waals surface area (Å²) in [5.41, 5.74) is 0.0743. The molecule has 0 bridgehead atoms. The highest BCUT2D eigenvalue weighted by Crippen LogP contribution is 2.40. The van der Waals surface area contributed by atoms with Crippen molar-refractivity contribution in [2.45, 2.75) is 25.9 Å². The highest BCUT2D eigenvalue weighted by molar-refractivity contribution is 5.83. The number of phenolic OH excluding ortho intramolecular Hbond substituents is 1. The second kappa shape index (κ2) is 3.22. The Morgan fingerprint density at radius 3 is 2.80 bits per heavy atom. The molecule has 1 atom stereocenters. The number of phenols is 1. The largest absolute Gasteiger partial charge is 0.507 e. The number of rotatable bonds is 1. The van der Waals surface area contributed by atoms with Crippen molar-refractivity contribution in [1.82, 2.24) is 0 Å². The number of halogens is 1. The van der Waals surface area contributed by atoms with Crippen molar-refractivity contribution < 1.29 is 14.3 Å². The van der Waals surface area contributed by atoms with Gasteiger partial charge in [0.2, 0.25) is 0 Å². The molecule has 1 aliphatic heterocycles. The van der Waals surface area contributed by atoms with Gasteiger partial charge in [0.25, 0.3) is 0 Å². The zero-order valence-corrected chi connectivity index (χ0v) is 8.62. The summed E-state index contributed by atoms with van der Waals surface area (Å²) in [7, 11) is 0. The molecule has 1 aliphatic rings. The van der Waals surface area contributed by atoms with Gasteiger partial charge in [0.15, 0.2) is 5.60 Å². The van der Waals surface area contributed by atoms with Gasteiger partial charge in [-0.2, -0.15) is 0 Å². The lowest BCUT2D eigenvalue weighted by atomic mass is 9.90. The van der Waals surface area contributed by atoms with Crippen LogP contribution in [-0.2, 0) is 10.4 Å². The first-order valence-corrected chi connectivity index (χ1v) is 4.72. The van der Waals surface area contributed by atoms with E-state index >= 15 is 0 Å². The number of hydrogen-bond donors (Lipinski definition) is 1. The quantitative estimate of drug-likeness (QED) is 0.772. The summed E-state index contributed by atoms with van der Waals surface area (Å²) in [6.07, 6.45) is 0.488. The molecular formula is C11H12FNO2. The molecular weight excluding hydrogens is 197 g/mol. The minimum absolute atomic E-state index is 0.0950. The summed E-state index contributed by atoms with van der Waals surface area (Å²) >= 11 is 0. The van der Waals surface area contributed by atoms with Gasteiger partial charge in [0.05, 0.1) is 11.3 Å². The van der Waals surface area contributed by atoms with E-state index in [1.165, 1.54) is 18.2 Å². The number of hydrogen-bond acceptors (Lipinski definition) is 3. The van der Waals surface area contributed by atoms with E-state index in [1.54, 1.807) is 6.92 Å². The average molecular weight is 209 g/mol. The van der Waals surface area contributed by atoms with Crippen LogP contribution in [0.1, 0.15) is 25.8 Å². The molecule has 1 aromatic rings. The molecule has 0 saturated heterocycles. The molecule has 0 fully saturated rings. The molecule has 15 heavy (non-hydrogen) atoms. The second-order valence-electron chi connectivity index (χ2n) is 3.96. The van der Waals surface area contributed by atoms with Gasteiger partial charge in [0, 0.05) is 6.42 Å².